The molecule has 2 heterocycles. The molecule has 2 unspecified atom stereocenters. The average molecular weight is 727 g/mol. The minimum Gasteiger partial charge on any atom is -0.347 e. The second-order valence-corrected chi connectivity index (χ2v) is 17.5. The molecule has 1 aromatic heterocycles. The summed E-state index contributed by atoms with van der Waals surface area (Å²) < 4.78 is 27.4. The van der Waals surface area contributed by atoms with Crippen LogP contribution in [0.4, 0.5) is 0 Å². The first-order chi connectivity index (χ1) is 23.5. The zero-order chi connectivity index (χ0) is 36.2. The van der Waals surface area contributed by atoms with E-state index in [9.17, 15) is 32.4 Å². The summed E-state index contributed by atoms with van der Waals surface area (Å²) in [7, 11) is -3.90. The van der Waals surface area contributed by atoms with E-state index in [2.05, 4.69) is 32.2 Å². The van der Waals surface area contributed by atoms with Gasteiger partial charge in [0.25, 0.3) is 11.8 Å². The van der Waals surface area contributed by atoms with E-state index >= 15 is 0 Å². The highest BCUT2D eigenvalue weighted by Gasteiger charge is 2.62. The predicted octanol–water partition coefficient (Wildman–Crippen LogP) is 2.59. The number of aromatic nitrogens is 1. The number of halogens is 1. The van der Waals surface area contributed by atoms with Gasteiger partial charge < -0.3 is 20.9 Å². The third kappa shape index (κ3) is 7.51. The first-order valence-corrected chi connectivity index (χ1v) is 18.9. The lowest BCUT2D eigenvalue weighted by molar-refractivity contribution is -0.144. The van der Waals surface area contributed by atoms with Crippen LogP contribution in [0.1, 0.15) is 76.1 Å². The number of pyridine rings is 1. The van der Waals surface area contributed by atoms with Crippen LogP contribution in [0.2, 0.25) is 5.15 Å². The minimum atomic E-state index is -3.90. The molecule has 6 rings (SSSR count). The molecule has 0 bridgehead atoms. The molecule has 15 heteroatoms. The van der Waals surface area contributed by atoms with Crippen molar-refractivity contribution in [3.63, 3.8) is 0 Å². The second kappa shape index (κ2) is 13.3. The lowest BCUT2D eigenvalue weighted by Gasteiger charge is -2.35. The Bertz CT molecular complexity index is 1870. The van der Waals surface area contributed by atoms with Crippen LogP contribution in [0.25, 0.3) is 10.9 Å². The maximum absolute atomic E-state index is 14.4. The third-order valence-electron chi connectivity index (χ3n) is 9.99. The van der Waals surface area contributed by atoms with Gasteiger partial charge in [0, 0.05) is 30.3 Å². The summed E-state index contributed by atoms with van der Waals surface area (Å²) >= 11 is 6.24. The van der Waals surface area contributed by atoms with Gasteiger partial charge in [-0.2, -0.15) is 0 Å². The van der Waals surface area contributed by atoms with Crippen molar-refractivity contribution in [1.82, 2.24) is 30.6 Å². The first kappa shape index (κ1) is 35.8. The average Bonchev–Trinajstić information content (AvgIpc) is 3.94. The van der Waals surface area contributed by atoms with E-state index in [1.54, 1.807) is 24.3 Å². The normalized spacial score (nSPS) is 25.4. The Labute approximate surface area is 296 Å². The second-order valence-electron chi connectivity index (χ2n) is 15.1. The van der Waals surface area contributed by atoms with Crippen molar-refractivity contribution in [2.24, 2.45) is 17.3 Å². The number of para-hydroxylation sites is 1. The smallest absolute Gasteiger partial charge is 0.259 e. The molecular weight excluding hydrogens is 684 g/mol. The Hall–Kier alpha value is -4.04. The van der Waals surface area contributed by atoms with E-state index in [1.807, 2.05) is 20.8 Å². The summed E-state index contributed by atoms with van der Waals surface area (Å²) in [6.45, 7) is 9.13. The van der Waals surface area contributed by atoms with Crippen molar-refractivity contribution in [1.29, 1.82) is 0 Å². The van der Waals surface area contributed by atoms with Crippen LogP contribution in [0.3, 0.4) is 0 Å². The van der Waals surface area contributed by atoms with Gasteiger partial charge in [0.05, 0.1) is 16.3 Å². The van der Waals surface area contributed by atoms with Gasteiger partial charge in [-0.3, -0.25) is 28.7 Å². The summed E-state index contributed by atoms with van der Waals surface area (Å²) in [5.74, 6) is -3.04. The largest absolute Gasteiger partial charge is 0.347 e. The van der Waals surface area contributed by atoms with Gasteiger partial charge in [0.15, 0.2) is 0 Å². The molecule has 3 saturated carbocycles. The summed E-state index contributed by atoms with van der Waals surface area (Å²) in [5, 5.41) is 8.65. The summed E-state index contributed by atoms with van der Waals surface area (Å²) in [5.41, 5.74) is -1.51. The monoisotopic (exact) mass is 726 g/mol. The van der Waals surface area contributed by atoms with Crippen LogP contribution in [0, 0.1) is 17.3 Å². The van der Waals surface area contributed by atoms with Crippen LogP contribution in [0.15, 0.2) is 43.0 Å². The Morgan fingerprint density at radius 1 is 1.12 bits per heavy atom. The molecule has 4 aliphatic rings. The summed E-state index contributed by atoms with van der Waals surface area (Å²) in [6, 6.07) is 5.61. The molecule has 1 saturated heterocycles. The third-order valence-corrected chi connectivity index (χ3v) is 12.0. The molecule has 50 heavy (non-hydrogen) atoms. The Balaban J connectivity index is 1.27. The predicted molar refractivity (Wildman–Crippen MR) is 186 cm³/mol. The van der Waals surface area contributed by atoms with Gasteiger partial charge in [0.1, 0.15) is 22.8 Å². The van der Waals surface area contributed by atoms with E-state index in [4.69, 9.17) is 11.6 Å². The van der Waals surface area contributed by atoms with Crippen molar-refractivity contribution in [3.8, 4) is 0 Å². The quantitative estimate of drug-likeness (QED) is 0.190. The first-order valence-electron chi connectivity index (χ1n) is 17.0. The molecular formula is C35H43ClN6O7S. The number of benzene rings is 1. The fourth-order valence-corrected chi connectivity index (χ4v) is 8.23. The lowest BCUT2D eigenvalue weighted by Crippen LogP contribution is -2.60. The van der Waals surface area contributed by atoms with Gasteiger partial charge in [-0.15, -0.1) is 6.58 Å². The van der Waals surface area contributed by atoms with E-state index in [0.29, 0.717) is 30.2 Å². The Morgan fingerprint density at radius 3 is 2.44 bits per heavy atom. The molecule has 3 aliphatic carbocycles. The fraction of sp³-hybridized carbons (Fsp3) is 0.543. The van der Waals surface area contributed by atoms with Crippen molar-refractivity contribution in [2.75, 3.05) is 6.54 Å². The SMILES string of the molecule is C=CC1CC1(NC(=O)[C@@H]1C[C@@H](NC(=O)c2cc(Cl)nc3ccccc23)CN1C(=O)[C@@H](NC(=O)CC1CC1)C(C)(C)C)C(=O)NS(=O)(=O)C1CC1. The van der Waals surface area contributed by atoms with Crippen LogP contribution in [-0.4, -0.2) is 83.3 Å². The molecule has 1 aromatic carbocycles. The molecule has 0 spiro atoms. The number of nitrogens with one attached hydrogen (secondary N) is 4. The number of nitrogens with zero attached hydrogens (tertiary/aromatic N) is 2. The maximum Gasteiger partial charge on any atom is 0.259 e. The van der Waals surface area contributed by atoms with E-state index in [-0.39, 0.29) is 41.9 Å². The highest BCUT2D eigenvalue weighted by atomic mass is 35.5. The number of hydrogen-bond donors (Lipinski definition) is 4. The minimum absolute atomic E-state index is 0.0101. The molecule has 0 radical (unpaired) electrons. The van der Waals surface area contributed by atoms with Crippen LogP contribution >= 0.6 is 11.6 Å². The highest BCUT2D eigenvalue weighted by Crippen LogP contribution is 2.45. The number of hydrogen-bond acceptors (Lipinski definition) is 8. The number of likely N-dealkylation sites (tertiary alicyclic amines) is 1. The summed E-state index contributed by atoms with van der Waals surface area (Å²) in [6.07, 6.45) is 4.72. The molecule has 4 N–H and O–H groups in total. The van der Waals surface area contributed by atoms with Crippen molar-refractivity contribution >= 4 is 62.1 Å². The van der Waals surface area contributed by atoms with Crippen LogP contribution in [-0.2, 0) is 29.2 Å². The van der Waals surface area contributed by atoms with Crippen molar-refractivity contribution < 1.29 is 32.4 Å². The van der Waals surface area contributed by atoms with Gasteiger partial charge in [-0.25, -0.2) is 13.4 Å². The van der Waals surface area contributed by atoms with E-state index in [1.165, 1.54) is 17.0 Å². The maximum atomic E-state index is 14.4. The highest BCUT2D eigenvalue weighted by molar-refractivity contribution is 7.91. The van der Waals surface area contributed by atoms with Crippen molar-refractivity contribution in [2.45, 2.75) is 94.6 Å². The zero-order valence-electron chi connectivity index (χ0n) is 28.3. The number of carbonyl (C=O) groups is 5. The van der Waals surface area contributed by atoms with Gasteiger partial charge in [0.2, 0.25) is 27.7 Å². The van der Waals surface area contributed by atoms with Gasteiger partial charge in [-0.1, -0.05) is 56.6 Å². The molecule has 4 fully saturated rings. The molecule has 2 aromatic rings. The molecule has 5 amide bonds. The number of carbonyl (C=O) groups excluding carboxylic acids is 5. The Kier molecular flexibility index (Phi) is 9.48. The van der Waals surface area contributed by atoms with Gasteiger partial charge >= 0.3 is 0 Å². The number of sulfonamides is 1. The lowest BCUT2D eigenvalue weighted by atomic mass is 9.85. The summed E-state index contributed by atoms with van der Waals surface area (Å²) in [4.78, 5) is 74.2. The fourth-order valence-electron chi connectivity index (χ4n) is 6.66. The van der Waals surface area contributed by atoms with E-state index < -0.39 is 73.9 Å². The van der Waals surface area contributed by atoms with Crippen LogP contribution in [0.5, 0.6) is 0 Å². The molecule has 268 valence electrons. The van der Waals surface area contributed by atoms with Crippen molar-refractivity contribution in [3.05, 3.63) is 53.7 Å². The molecule has 1 aliphatic heterocycles. The number of rotatable bonds is 12. The standard InChI is InChI=1S/C35H43ClN6O7S/c1-5-20-17-35(20,33(47)41-50(48,49)22-12-13-22)40-31(45)26-15-21(37-30(44)24-16-27(36)38-25-9-7-6-8-23(24)25)18-42(26)32(46)29(34(2,3)4)39-28(43)14-19-10-11-19/h5-9,16,19-22,26,29H,1,10-15,17-18H2,2-4H3,(H,37,44)(H,39,43)(H,40,45)(H,41,47)/t20?,21-,26+,29-,35?/m1/s1. The number of fused-ring (bicyclic) bond motifs is 1. The zero-order valence-corrected chi connectivity index (χ0v) is 29.9. The van der Waals surface area contributed by atoms with Gasteiger partial charge in [-0.05, 0) is 62.0 Å². The van der Waals surface area contributed by atoms with E-state index in [0.717, 1.165) is 12.8 Å². The Morgan fingerprint density at radius 2 is 1.82 bits per heavy atom. The molecule has 5 atom stereocenters. The molecule has 13 nitrogen and oxygen atoms in total. The topological polar surface area (TPSA) is 184 Å². The number of amides is 5. The van der Waals surface area contributed by atoms with Crippen LogP contribution < -0.4 is 20.7 Å².